The summed E-state index contributed by atoms with van der Waals surface area (Å²) in [5.41, 5.74) is 1.87. The first-order valence-corrected chi connectivity index (χ1v) is 5.70. The first kappa shape index (κ1) is 10.4. The summed E-state index contributed by atoms with van der Waals surface area (Å²) in [6.45, 7) is 5.80. The average molecular weight is 206 g/mol. The Morgan fingerprint density at radius 1 is 1.53 bits per heavy atom. The van der Waals surface area contributed by atoms with Crippen LogP contribution in [0.2, 0.25) is 0 Å². The van der Waals surface area contributed by atoms with Gasteiger partial charge in [0, 0.05) is 24.6 Å². The van der Waals surface area contributed by atoms with Gasteiger partial charge in [-0.25, -0.2) is 0 Å². The molecule has 0 unspecified atom stereocenters. The molecule has 82 valence electrons. The number of aromatic nitrogens is 2. The van der Waals surface area contributed by atoms with E-state index in [-0.39, 0.29) is 5.78 Å². The third-order valence-corrected chi connectivity index (χ3v) is 3.14. The van der Waals surface area contributed by atoms with Crippen LogP contribution in [0.5, 0.6) is 0 Å². The third kappa shape index (κ3) is 1.83. The Kier molecular flexibility index (Phi) is 2.63. The van der Waals surface area contributed by atoms with Crippen LogP contribution in [0.15, 0.2) is 6.07 Å². The van der Waals surface area contributed by atoms with E-state index < -0.39 is 0 Å². The van der Waals surface area contributed by atoms with E-state index in [1.807, 2.05) is 10.7 Å². The summed E-state index contributed by atoms with van der Waals surface area (Å²) in [6, 6.07) is 2.32. The molecule has 0 saturated heterocycles. The van der Waals surface area contributed by atoms with E-state index in [4.69, 9.17) is 0 Å². The lowest BCUT2D eigenvalue weighted by Gasteiger charge is -2.27. The monoisotopic (exact) mass is 206 g/mol. The van der Waals surface area contributed by atoms with Crippen molar-refractivity contribution in [3.05, 3.63) is 17.5 Å². The molecule has 1 fully saturated rings. The largest absolute Gasteiger partial charge is 0.293 e. The lowest BCUT2D eigenvalue weighted by Crippen LogP contribution is -2.16. The fourth-order valence-electron chi connectivity index (χ4n) is 2.00. The molecule has 0 amide bonds. The Morgan fingerprint density at radius 3 is 2.60 bits per heavy atom. The van der Waals surface area contributed by atoms with Crippen molar-refractivity contribution in [1.82, 2.24) is 9.78 Å². The van der Waals surface area contributed by atoms with Crippen molar-refractivity contribution < 1.29 is 4.79 Å². The van der Waals surface area contributed by atoms with Gasteiger partial charge in [-0.1, -0.05) is 6.42 Å². The molecule has 0 aromatic carbocycles. The van der Waals surface area contributed by atoms with Crippen LogP contribution in [0.25, 0.3) is 0 Å². The Bertz CT molecular complexity index is 375. The van der Waals surface area contributed by atoms with Crippen LogP contribution >= 0.6 is 0 Å². The molecular formula is C12H18N2O. The highest BCUT2D eigenvalue weighted by atomic mass is 16.1. The Hall–Kier alpha value is -1.12. The Morgan fingerprint density at radius 2 is 2.20 bits per heavy atom. The summed E-state index contributed by atoms with van der Waals surface area (Å²) in [5, 5.41) is 4.38. The zero-order valence-electron chi connectivity index (χ0n) is 9.66. The van der Waals surface area contributed by atoms with Crippen molar-refractivity contribution >= 4 is 5.78 Å². The number of rotatable bonds is 3. The lowest BCUT2D eigenvalue weighted by atomic mass is 9.82. The quantitative estimate of drug-likeness (QED) is 0.713. The van der Waals surface area contributed by atoms with E-state index in [9.17, 15) is 4.79 Å². The van der Waals surface area contributed by atoms with Crippen LogP contribution in [0.3, 0.4) is 0 Å². The van der Waals surface area contributed by atoms with Gasteiger partial charge in [-0.15, -0.1) is 0 Å². The minimum Gasteiger partial charge on any atom is -0.293 e. The second-order valence-electron chi connectivity index (χ2n) is 4.68. The first-order chi connectivity index (χ1) is 7.09. The van der Waals surface area contributed by atoms with Gasteiger partial charge in [-0.05, 0) is 32.8 Å². The molecule has 1 aromatic heterocycles. The molecule has 0 aliphatic heterocycles. The molecule has 3 nitrogen and oxygen atoms in total. The highest BCUT2D eigenvalue weighted by molar-refractivity contribution is 5.92. The molecule has 15 heavy (non-hydrogen) atoms. The van der Waals surface area contributed by atoms with E-state index in [1.165, 1.54) is 25.0 Å². The van der Waals surface area contributed by atoms with Gasteiger partial charge in [0.2, 0.25) is 0 Å². The summed E-state index contributed by atoms with van der Waals surface area (Å²) in [5.74, 6) is 0.697. The standard InChI is InChI=1S/C12H18N2O/c1-8(2)14-12(10-5-4-6-10)7-11(13-14)9(3)15/h7-8,10H,4-6H2,1-3H3. The molecular weight excluding hydrogens is 188 g/mol. The zero-order chi connectivity index (χ0) is 11.0. The molecule has 0 N–H and O–H groups in total. The maximum atomic E-state index is 11.3. The second-order valence-corrected chi connectivity index (χ2v) is 4.68. The number of Topliss-reactive ketones (excluding diaryl/α,β-unsaturated/α-hetero) is 1. The summed E-state index contributed by atoms with van der Waals surface area (Å²) < 4.78 is 2.01. The normalized spacial score (nSPS) is 16.8. The fraction of sp³-hybridized carbons (Fsp3) is 0.667. The summed E-state index contributed by atoms with van der Waals surface area (Å²) in [4.78, 5) is 11.3. The van der Waals surface area contributed by atoms with E-state index in [0.717, 1.165) is 0 Å². The molecule has 3 heteroatoms. The van der Waals surface area contributed by atoms with Gasteiger partial charge >= 0.3 is 0 Å². The van der Waals surface area contributed by atoms with Gasteiger partial charge in [0.05, 0.1) is 0 Å². The smallest absolute Gasteiger partial charge is 0.179 e. The van der Waals surface area contributed by atoms with Crippen LogP contribution in [0.1, 0.15) is 68.2 Å². The minimum absolute atomic E-state index is 0.0648. The molecule has 1 saturated carbocycles. The lowest BCUT2D eigenvalue weighted by molar-refractivity contribution is 0.101. The molecule has 0 atom stereocenters. The van der Waals surface area contributed by atoms with Crippen LogP contribution in [-0.2, 0) is 0 Å². The van der Waals surface area contributed by atoms with Crippen molar-refractivity contribution in [2.24, 2.45) is 0 Å². The maximum Gasteiger partial charge on any atom is 0.179 e. The molecule has 1 aliphatic rings. The van der Waals surface area contributed by atoms with Gasteiger partial charge in [0.25, 0.3) is 0 Å². The zero-order valence-corrected chi connectivity index (χ0v) is 9.66. The summed E-state index contributed by atoms with van der Waals surface area (Å²) in [6.07, 6.45) is 3.80. The van der Waals surface area contributed by atoms with Gasteiger partial charge in [-0.2, -0.15) is 5.10 Å². The molecule has 1 aliphatic carbocycles. The van der Waals surface area contributed by atoms with Crippen LogP contribution in [0, 0.1) is 0 Å². The molecule has 1 aromatic rings. The van der Waals surface area contributed by atoms with Crippen LogP contribution in [0.4, 0.5) is 0 Å². The highest BCUT2D eigenvalue weighted by Crippen LogP contribution is 2.37. The minimum atomic E-state index is 0.0648. The van der Waals surface area contributed by atoms with Crippen LogP contribution < -0.4 is 0 Å². The van der Waals surface area contributed by atoms with Gasteiger partial charge in [-0.3, -0.25) is 9.48 Å². The molecule has 0 spiro atoms. The number of nitrogens with zero attached hydrogens (tertiary/aromatic N) is 2. The third-order valence-electron chi connectivity index (χ3n) is 3.14. The van der Waals surface area contributed by atoms with Crippen LogP contribution in [-0.4, -0.2) is 15.6 Å². The average Bonchev–Trinajstić information content (AvgIpc) is 2.45. The SMILES string of the molecule is CC(=O)c1cc(C2CCC2)n(C(C)C)n1. The van der Waals surface area contributed by atoms with Crippen molar-refractivity contribution in [3.63, 3.8) is 0 Å². The first-order valence-electron chi connectivity index (χ1n) is 5.70. The van der Waals surface area contributed by atoms with Crippen molar-refractivity contribution in [1.29, 1.82) is 0 Å². The summed E-state index contributed by atoms with van der Waals surface area (Å²) >= 11 is 0. The predicted molar refractivity (Wildman–Crippen MR) is 59.2 cm³/mol. The number of hydrogen-bond acceptors (Lipinski definition) is 2. The Labute approximate surface area is 90.5 Å². The number of carbonyl (C=O) groups excluding carboxylic acids is 1. The number of hydrogen-bond donors (Lipinski definition) is 0. The van der Waals surface area contributed by atoms with Gasteiger partial charge in [0.1, 0.15) is 5.69 Å². The van der Waals surface area contributed by atoms with Gasteiger partial charge < -0.3 is 0 Å². The molecule has 0 radical (unpaired) electrons. The fourth-order valence-corrected chi connectivity index (χ4v) is 2.00. The van der Waals surface area contributed by atoms with E-state index in [0.29, 0.717) is 17.7 Å². The second kappa shape index (κ2) is 3.80. The maximum absolute atomic E-state index is 11.3. The van der Waals surface area contributed by atoms with Gasteiger partial charge in [0.15, 0.2) is 5.78 Å². The topological polar surface area (TPSA) is 34.9 Å². The molecule has 2 rings (SSSR count). The Balaban J connectivity index is 2.36. The molecule has 1 heterocycles. The van der Waals surface area contributed by atoms with E-state index in [2.05, 4.69) is 18.9 Å². The summed E-state index contributed by atoms with van der Waals surface area (Å²) in [7, 11) is 0. The van der Waals surface area contributed by atoms with Crippen molar-refractivity contribution in [3.8, 4) is 0 Å². The van der Waals surface area contributed by atoms with Crippen molar-refractivity contribution in [2.45, 2.75) is 52.0 Å². The number of ketones is 1. The van der Waals surface area contributed by atoms with E-state index >= 15 is 0 Å². The number of carbonyl (C=O) groups is 1. The van der Waals surface area contributed by atoms with E-state index in [1.54, 1.807) is 6.92 Å². The van der Waals surface area contributed by atoms with Crippen molar-refractivity contribution in [2.75, 3.05) is 0 Å². The highest BCUT2D eigenvalue weighted by Gasteiger charge is 2.25. The predicted octanol–water partition coefficient (Wildman–Crippen LogP) is 2.93. The molecule has 0 bridgehead atoms.